The van der Waals surface area contributed by atoms with Crippen LogP contribution in [0.25, 0.3) is 5.65 Å². The van der Waals surface area contributed by atoms with Crippen LogP contribution in [-0.2, 0) is 26.4 Å². The summed E-state index contributed by atoms with van der Waals surface area (Å²) in [6.07, 6.45) is 4.50. The highest BCUT2D eigenvalue weighted by atomic mass is 16.5. The molecule has 1 saturated heterocycles. The van der Waals surface area contributed by atoms with Crippen molar-refractivity contribution in [3.8, 4) is 0 Å². The minimum absolute atomic E-state index is 0.0746. The maximum absolute atomic E-state index is 5.90. The van der Waals surface area contributed by atoms with Gasteiger partial charge in [-0.25, -0.2) is 14.6 Å². The van der Waals surface area contributed by atoms with Crippen LogP contribution in [0.3, 0.4) is 0 Å². The summed E-state index contributed by atoms with van der Waals surface area (Å²) < 4.78 is 20.4. The van der Waals surface area contributed by atoms with Gasteiger partial charge in [-0.1, -0.05) is 0 Å². The average Bonchev–Trinajstić information content (AvgIpc) is 3.39. The Bertz CT molecular complexity index is 990. The zero-order valence-corrected chi connectivity index (χ0v) is 17.5. The van der Waals surface area contributed by atoms with Crippen molar-refractivity contribution in [3.05, 3.63) is 35.9 Å². The molecule has 29 heavy (non-hydrogen) atoms. The van der Waals surface area contributed by atoms with Gasteiger partial charge in [0.2, 0.25) is 5.95 Å². The lowest BCUT2D eigenvalue weighted by molar-refractivity contribution is 0.0656. The zero-order chi connectivity index (χ0) is 20.6. The molecule has 1 fully saturated rings. The largest absolute Gasteiger partial charge is 0.379 e. The molecule has 9 nitrogen and oxygen atoms in total. The number of rotatable bonds is 6. The van der Waals surface area contributed by atoms with Crippen molar-refractivity contribution in [3.63, 3.8) is 0 Å². The Labute approximate surface area is 170 Å². The first-order chi connectivity index (χ1) is 13.9. The number of hydrogen-bond acceptors (Lipinski definition) is 7. The van der Waals surface area contributed by atoms with Gasteiger partial charge in [-0.3, -0.25) is 4.40 Å². The number of fused-ring (bicyclic) bond motifs is 1. The summed E-state index contributed by atoms with van der Waals surface area (Å²) in [5.74, 6) is 1.51. The van der Waals surface area contributed by atoms with Crippen molar-refractivity contribution in [2.45, 2.75) is 51.5 Å². The third-order valence-corrected chi connectivity index (χ3v) is 4.95. The highest BCUT2D eigenvalue weighted by Gasteiger charge is 2.31. The highest BCUT2D eigenvalue weighted by molar-refractivity contribution is 5.55. The Hall–Kier alpha value is -2.49. The molecule has 0 amide bonds. The lowest BCUT2D eigenvalue weighted by atomic mass is 10.1. The first-order valence-corrected chi connectivity index (χ1v) is 9.73. The molecular weight excluding hydrogens is 372 g/mol. The van der Waals surface area contributed by atoms with E-state index in [0.29, 0.717) is 19.2 Å². The quantitative estimate of drug-likeness (QED) is 0.680. The monoisotopic (exact) mass is 400 g/mol. The van der Waals surface area contributed by atoms with Crippen molar-refractivity contribution in [2.75, 3.05) is 26.1 Å². The molecule has 3 aromatic rings. The molecule has 156 valence electrons. The van der Waals surface area contributed by atoms with Gasteiger partial charge in [0.25, 0.3) is 0 Å². The smallest absolute Gasteiger partial charge is 0.214 e. The molecule has 0 aliphatic carbocycles. The minimum atomic E-state index is -0.218. The van der Waals surface area contributed by atoms with E-state index in [1.165, 1.54) is 0 Å². The first kappa shape index (κ1) is 19.8. The molecule has 0 bridgehead atoms. The van der Waals surface area contributed by atoms with Gasteiger partial charge in [0.05, 0.1) is 36.2 Å². The molecule has 0 spiro atoms. The molecule has 4 heterocycles. The van der Waals surface area contributed by atoms with E-state index in [2.05, 4.69) is 36.1 Å². The molecule has 0 saturated carbocycles. The second kappa shape index (κ2) is 7.74. The number of imidazole rings is 1. The number of ether oxygens (including phenoxy) is 3. The van der Waals surface area contributed by atoms with Crippen LogP contribution in [0.4, 0.5) is 11.8 Å². The van der Waals surface area contributed by atoms with Crippen molar-refractivity contribution in [1.29, 1.82) is 0 Å². The number of methoxy groups -OCH3 is 2. The number of nitrogens with one attached hydrogen (secondary N) is 1. The number of nitrogens with zero attached hydrogens (tertiary/aromatic N) is 5. The fraction of sp³-hybridized carbons (Fsp3) is 0.550. The molecule has 1 aliphatic rings. The van der Waals surface area contributed by atoms with Crippen molar-refractivity contribution in [1.82, 2.24) is 24.1 Å². The topological polar surface area (TPSA) is 87.7 Å². The summed E-state index contributed by atoms with van der Waals surface area (Å²) in [6.45, 7) is 7.38. The second-order valence-corrected chi connectivity index (χ2v) is 8.24. The lowest BCUT2D eigenvalue weighted by Gasteiger charge is -2.22. The molecule has 4 rings (SSSR count). The Morgan fingerprint density at radius 1 is 1.31 bits per heavy atom. The van der Waals surface area contributed by atoms with Crippen molar-refractivity contribution in [2.24, 2.45) is 0 Å². The van der Waals surface area contributed by atoms with E-state index in [4.69, 9.17) is 19.3 Å². The first-order valence-electron chi connectivity index (χ1n) is 9.73. The number of aromatic nitrogens is 5. The van der Waals surface area contributed by atoms with Gasteiger partial charge in [-0.05, 0) is 26.8 Å². The summed E-state index contributed by atoms with van der Waals surface area (Å²) in [5, 5.41) is 8.28. The average molecular weight is 400 g/mol. The maximum Gasteiger partial charge on any atom is 0.214 e. The van der Waals surface area contributed by atoms with Crippen molar-refractivity contribution >= 4 is 17.4 Å². The summed E-state index contributed by atoms with van der Waals surface area (Å²) in [5.41, 5.74) is 2.32. The van der Waals surface area contributed by atoms with Crippen LogP contribution >= 0.6 is 0 Å². The molecule has 0 aromatic carbocycles. The van der Waals surface area contributed by atoms with E-state index in [9.17, 15) is 0 Å². The fourth-order valence-corrected chi connectivity index (χ4v) is 3.52. The number of anilines is 2. The van der Waals surface area contributed by atoms with E-state index < -0.39 is 0 Å². The molecule has 2 unspecified atom stereocenters. The predicted molar refractivity (Wildman–Crippen MR) is 108 cm³/mol. The fourth-order valence-electron chi connectivity index (χ4n) is 3.52. The standard InChI is InChI=1S/C20H28N6O3/c1-20(2,3)26-18(9-15(24-26)16-8-14(28-5)12-29-16)23-19-21-7-6-17-22-13(11-27-4)10-25(17)19/h6-7,9-10,14,16H,8,11-12H2,1-5H3,(H,21,23). The Morgan fingerprint density at radius 2 is 2.14 bits per heavy atom. The highest BCUT2D eigenvalue weighted by Crippen LogP contribution is 2.33. The maximum atomic E-state index is 5.90. The lowest BCUT2D eigenvalue weighted by Crippen LogP contribution is -2.25. The van der Waals surface area contributed by atoms with Gasteiger partial charge in [-0.15, -0.1) is 0 Å². The summed E-state index contributed by atoms with van der Waals surface area (Å²) in [6, 6.07) is 3.90. The van der Waals surface area contributed by atoms with Gasteiger partial charge < -0.3 is 19.5 Å². The molecule has 1 N–H and O–H groups in total. The summed E-state index contributed by atoms with van der Waals surface area (Å²) in [7, 11) is 3.37. The molecule has 9 heteroatoms. The van der Waals surface area contributed by atoms with E-state index in [1.54, 1.807) is 20.4 Å². The van der Waals surface area contributed by atoms with Gasteiger partial charge in [0, 0.05) is 39.1 Å². The summed E-state index contributed by atoms with van der Waals surface area (Å²) in [4.78, 5) is 9.07. The van der Waals surface area contributed by atoms with Crippen LogP contribution in [0.5, 0.6) is 0 Å². The van der Waals surface area contributed by atoms with Crippen LogP contribution in [-0.4, -0.2) is 51.1 Å². The van der Waals surface area contributed by atoms with Crippen LogP contribution < -0.4 is 5.32 Å². The molecule has 3 aromatic heterocycles. The Morgan fingerprint density at radius 3 is 2.83 bits per heavy atom. The third kappa shape index (κ3) is 3.98. The second-order valence-electron chi connectivity index (χ2n) is 8.24. The van der Waals surface area contributed by atoms with Crippen LogP contribution in [0, 0.1) is 0 Å². The van der Waals surface area contributed by atoms with Gasteiger partial charge in [-0.2, -0.15) is 5.10 Å². The van der Waals surface area contributed by atoms with Gasteiger partial charge in [0.15, 0.2) is 0 Å². The molecular formula is C20H28N6O3. The SMILES string of the molecule is COCc1cn2c(Nc3cc(C4CC(OC)CO4)nn3C(C)(C)C)nccc2n1. The molecule has 2 atom stereocenters. The number of hydrogen-bond donors (Lipinski definition) is 1. The Balaban J connectivity index is 1.68. The normalized spacial score (nSPS) is 19.9. The van der Waals surface area contributed by atoms with Gasteiger partial charge in [0.1, 0.15) is 17.6 Å². The Kier molecular flexibility index (Phi) is 5.28. The van der Waals surface area contributed by atoms with Crippen LogP contribution in [0.1, 0.15) is 44.7 Å². The molecule has 0 radical (unpaired) electrons. The van der Waals surface area contributed by atoms with Crippen molar-refractivity contribution < 1.29 is 14.2 Å². The van der Waals surface area contributed by atoms with Crippen LogP contribution in [0.15, 0.2) is 24.5 Å². The third-order valence-electron chi connectivity index (χ3n) is 4.95. The van der Waals surface area contributed by atoms with Crippen LogP contribution in [0.2, 0.25) is 0 Å². The summed E-state index contributed by atoms with van der Waals surface area (Å²) >= 11 is 0. The van der Waals surface area contributed by atoms with E-state index in [-0.39, 0.29) is 17.7 Å². The van der Waals surface area contributed by atoms with Gasteiger partial charge >= 0.3 is 0 Å². The van der Waals surface area contributed by atoms with E-state index in [0.717, 1.165) is 29.3 Å². The molecule has 1 aliphatic heterocycles. The van der Waals surface area contributed by atoms with E-state index in [1.807, 2.05) is 27.4 Å². The zero-order valence-electron chi connectivity index (χ0n) is 17.5. The predicted octanol–water partition coefficient (Wildman–Crippen LogP) is 3.05. The van der Waals surface area contributed by atoms with E-state index >= 15 is 0 Å². The minimum Gasteiger partial charge on any atom is -0.379 e.